The number of carboxylic acids is 1. The molecule has 3 N–H and O–H groups in total. The van der Waals surface area contributed by atoms with Crippen LogP contribution < -0.4 is 10.6 Å². The van der Waals surface area contributed by atoms with Crippen molar-refractivity contribution in [3.63, 3.8) is 0 Å². The molecule has 1 fully saturated rings. The molecule has 28 heavy (non-hydrogen) atoms. The van der Waals surface area contributed by atoms with Gasteiger partial charge in [-0.05, 0) is 55.1 Å². The van der Waals surface area contributed by atoms with Gasteiger partial charge in [0.25, 0.3) is 0 Å². The van der Waals surface area contributed by atoms with Crippen molar-refractivity contribution in [3.05, 3.63) is 54.1 Å². The predicted molar refractivity (Wildman–Crippen MR) is 110 cm³/mol. The molecule has 0 atom stereocenters. The largest absolute Gasteiger partial charge is 0.480 e. The molecular formula is C22H27N3O3. The molecule has 0 saturated heterocycles. The Kier molecular flexibility index (Phi) is 6.31. The van der Waals surface area contributed by atoms with Crippen molar-refractivity contribution in [1.82, 2.24) is 10.2 Å². The third kappa shape index (κ3) is 4.89. The van der Waals surface area contributed by atoms with E-state index in [0.29, 0.717) is 6.54 Å². The number of carbonyl (C=O) groups is 2. The van der Waals surface area contributed by atoms with Gasteiger partial charge in [-0.15, -0.1) is 0 Å². The van der Waals surface area contributed by atoms with Crippen molar-refractivity contribution in [2.75, 3.05) is 18.4 Å². The number of amides is 2. The van der Waals surface area contributed by atoms with E-state index in [1.807, 2.05) is 55.1 Å². The Morgan fingerprint density at radius 1 is 1.14 bits per heavy atom. The van der Waals surface area contributed by atoms with Crippen molar-refractivity contribution >= 4 is 17.7 Å². The summed E-state index contributed by atoms with van der Waals surface area (Å²) in [7, 11) is 0. The monoisotopic (exact) mass is 381 g/mol. The number of anilines is 1. The number of nitrogens with one attached hydrogen (secondary N) is 2. The van der Waals surface area contributed by atoms with E-state index in [1.54, 1.807) is 0 Å². The van der Waals surface area contributed by atoms with Gasteiger partial charge in [0.15, 0.2) is 0 Å². The molecule has 148 valence electrons. The quantitative estimate of drug-likeness (QED) is 0.683. The molecule has 1 aliphatic carbocycles. The maximum atomic E-state index is 12.3. The molecular weight excluding hydrogens is 354 g/mol. The Bertz CT molecular complexity index is 832. The van der Waals surface area contributed by atoms with E-state index < -0.39 is 5.97 Å². The van der Waals surface area contributed by atoms with Gasteiger partial charge in [-0.2, -0.15) is 0 Å². The second kappa shape index (κ2) is 8.89. The summed E-state index contributed by atoms with van der Waals surface area (Å²) in [5.41, 5.74) is 4.15. The van der Waals surface area contributed by atoms with Gasteiger partial charge >= 0.3 is 12.0 Å². The molecule has 1 aliphatic rings. The molecule has 6 heteroatoms. The highest BCUT2D eigenvalue weighted by molar-refractivity contribution is 5.90. The summed E-state index contributed by atoms with van der Waals surface area (Å²) >= 11 is 0. The highest BCUT2D eigenvalue weighted by Crippen LogP contribution is 2.27. The number of aryl methyl sites for hydroxylation is 1. The van der Waals surface area contributed by atoms with E-state index in [9.17, 15) is 9.59 Å². The van der Waals surface area contributed by atoms with E-state index in [0.717, 1.165) is 35.2 Å². The van der Waals surface area contributed by atoms with Gasteiger partial charge in [-0.3, -0.25) is 9.69 Å². The van der Waals surface area contributed by atoms with Crippen LogP contribution in [0.2, 0.25) is 0 Å². The molecule has 0 bridgehead atoms. The zero-order valence-electron chi connectivity index (χ0n) is 16.3. The minimum atomic E-state index is -0.815. The Labute approximate surface area is 165 Å². The molecule has 2 aromatic carbocycles. The third-order valence-corrected chi connectivity index (χ3v) is 5.28. The zero-order valence-corrected chi connectivity index (χ0v) is 16.3. The number of rotatable bonds is 7. The summed E-state index contributed by atoms with van der Waals surface area (Å²) in [5, 5.41) is 14.8. The highest BCUT2D eigenvalue weighted by Gasteiger charge is 2.34. The molecule has 0 spiro atoms. The number of hydrogen-bond acceptors (Lipinski definition) is 3. The van der Waals surface area contributed by atoms with Crippen LogP contribution in [0.25, 0.3) is 11.1 Å². The molecule has 6 nitrogen and oxygen atoms in total. The second-order valence-corrected chi connectivity index (χ2v) is 7.27. The maximum Gasteiger partial charge on any atom is 0.319 e. The van der Waals surface area contributed by atoms with Crippen LogP contribution in [0.1, 0.15) is 25.3 Å². The zero-order chi connectivity index (χ0) is 20.1. The van der Waals surface area contributed by atoms with Gasteiger partial charge in [0.1, 0.15) is 0 Å². The topological polar surface area (TPSA) is 81.7 Å². The van der Waals surface area contributed by atoms with Crippen LogP contribution >= 0.6 is 0 Å². The van der Waals surface area contributed by atoms with E-state index in [2.05, 4.69) is 22.8 Å². The van der Waals surface area contributed by atoms with Crippen LogP contribution in [-0.2, 0) is 4.79 Å². The number of aliphatic carboxylic acids is 1. The first kappa shape index (κ1) is 19.9. The number of likely N-dealkylation sites (N-methyl/N-ethyl adjacent to an activating group) is 1. The first-order chi connectivity index (χ1) is 13.5. The fourth-order valence-electron chi connectivity index (χ4n) is 3.71. The summed E-state index contributed by atoms with van der Waals surface area (Å²) in [6.07, 6.45) is 1.56. The molecule has 2 amide bonds. The summed E-state index contributed by atoms with van der Waals surface area (Å²) < 4.78 is 0. The van der Waals surface area contributed by atoms with Crippen molar-refractivity contribution < 1.29 is 14.7 Å². The first-order valence-corrected chi connectivity index (χ1v) is 9.65. The molecule has 0 aliphatic heterocycles. The Morgan fingerprint density at radius 3 is 2.46 bits per heavy atom. The third-order valence-electron chi connectivity index (χ3n) is 5.28. The van der Waals surface area contributed by atoms with Crippen LogP contribution in [0.15, 0.2) is 48.5 Å². The smallest absolute Gasteiger partial charge is 0.319 e. The fraction of sp³-hybridized carbons (Fsp3) is 0.364. The molecule has 0 radical (unpaired) electrons. The standard InChI is InChI=1S/C22H27N3O3/c1-3-25(14-21(26)27)19-12-18(13-19)24-22(28)23-17-9-10-20(15(2)11-17)16-7-5-4-6-8-16/h4-11,18-19H,3,12-14H2,1-2H3,(H,26,27)(H2,23,24,28). The van der Waals surface area contributed by atoms with Crippen LogP contribution in [-0.4, -0.2) is 47.2 Å². The van der Waals surface area contributed by atoms with Gasteiger partial charge in [0.05, 0.1) is 6.54 Å². The lowest BCUT2D eigenvalue weighted by Gasteiger charge is -2.42. The molecule has 3 rings (SSSR count). The molecule has 0 aromatic heterocycles. The summed E-state index contributed by atoms with van der Waals surface area (Å²) in [5.74, 6) is -0.815. The van der Waals surface area contributed by atoms with Crippen LogP contribution in [0.5, 0.6) is 0 Å². The second-order valence-electron chi connectivity index (χ2n) is 7.27. The lowest BCUT2D eigenvalue weighted by atomic mass is 9.85. The highest BCUT2D eigenvalue weighted by atomic mass is 16.4. The minimum absolute atomic E-state index is 0.0487. The van der Waals surface area contributed by atoms with Crippen molar-refractivity contribution in [1.29, 1.82) is 0 Å². The fourth-order valence-corrected chi connectivity index (χ4v) is 3.71. The van der Waals surface area contributed by atoms with Crippen LogP contribution in [0.4, 0.5) is 10.5 Å². The summed E-state index contributed by atoms with van der Waals surface area (Å²) in [6, 6.07) is 16.1. The van der Waals surface area contributed by atoms with E-state index in [1.165, 1.54) is 0 Å². The Morgan fingerprint density at radius 2 is 1.86 bits per heavy atom. The van der Waals surface area contributed by atoms with E-state index in [4.69, 9.17) is 5.11 Å². The first-order valence-electron chi connectivity index (χ1n) is 9.65. The van der Waals surface area contributed by atoms with Crippen molar-refractivity contribution in [3.8, 4) is 11.1 Å². The van der Waals surface area contributed by atoms with Gasteiger partial charge in [0.2, 0.25) is 0 Å². The van der Waals surface area contributed by atoms with Gasteiger partial charge < -0.3 is 15.7 Å². The van der Waals surface area contributed by atoms with Crippen LogP contribution in [0, 0.1) is 6.92 Å². The van der Waals surface area contributed by atoms with E-state index in [-0.39, 0.29) is 24.7 Å². The predicted octanol–water partition coefficient (Wildman–Crippen LogP) is 3.72. The van der Waals surface area contributed by atoms with Gasteiger partial charge in [-0.25, -0.2) is 4.79 Å². The lowest BCUT2D eigenvalue weighted by molar-refractivity contribution is -0.139. The number of hydrogen-bond donors (Lipinski definition) is 3. The normalized spacial score (nSPS) is 18.4. The van der Waals surface area contributed by atoms with Gasteiger partial charge in [0, 0.05) is 17.8 Å². The average Bonchev–Trinajstić information content (AvgIpc) is 2.63. The summed E-state index contributed by atoms with van der Waals surface area (Å²) in [4.78, 5) is 25.1. The van der Waals surface area contributed by atoms with E-state index >= 15 is 0 Å². The summed E-state index contributed by atoms with van der Waals surface area (Å²) in [6.45, 7) is 4.73. The number of nitrogens with zero attached hydrogens (tertiary/aromatic N) is 1. The Balaban J connectivity index is 1.51. The molecule has 0 heterocycles. The number of urea groups is 1. The number of benzene rings is 2. The molecule has 1 saturated carbocycles. The van der Waals surface area contributed by atoms with Crippen molar-refractivity contribution in [2.45, 2.75) is 38.8 Å². The number of carbonyl (C=O) groups excluding carboxylic acids is 1. The van der Waals surface area contributed by atoms with Gasteiger partial charge in [-0.1, -0.05) is 43.3 Å². The minimum Gasteiger partial charge on any atom is -0.480 e. The number of carboxylic acid groups (broad SMARTS) is 1. The van der Waals surface area contributed by atoms with Crippen molar-refractivity contribution in [2.24, 2.45) is 0 Å². The maximum absolute atomic E-state index is 12.3. The molecule has 2 aromatic rings. The Hall–Kier alpha value is -2.86. The molecule has 0 unspecified atom stereocenters. The average molecular weight is 381 g/mol. The van der Waals surface area contributed by atoms with Crippen LogP contribution in [0.3, 0.4) is 0 Å². The SMILES string of the molecule is CCN(CC(=O)O)C1CC(NC(=O)Nc2ccc(-c3ccccc3)c(C)c2)C1. The lowest BCUT2D eigenvalue weighted by Crippen LogP contribution is -2.55.